The summed E-state index contributed by atoms with van der Waals surface area (Å²) in [4.78, 5) is 3.28. The maximum Gasteiger partial charge on any atom is 2.00 e. The van der Waals surface area contributed by atoms with Gasteiger partial charge in [-0.05, 0) is 0 Å². The van der Waals surface area contributed by atoms with Crippen LogP contribution in [0.5, 0.6) is 0 Å². The number of hydrogen-bond donors (Lipinski definition) is 0. The Kier molecular flexibility index (Phi) is 8.26. The molecule has 0 atom stereocenters. The second-order valence-corrected chi connectivity index (χ2v) is 1.08. The average Bonchev–Trinajstić information content (AvgIpc) is 1.69. The van der Waals surface area contributed by atoms with E-state index in [0.29, 0.717) is 0 Å². The maximum absolute atomic E-state index is 11.8. The van der Waals surface area contributed by atoms with Crippen molar-refractivity contribution in [1.82, 2.24) is 4.98 Å². The molecule has 0 amide bonds. The maximum atomic E-state index is 11.8. The van der Waals surface area contributed by atoms with Crippen molar-refractivity contribution in [2.24, 2.45) is 0 Å². The van der Waals surface area contributed by atoms with Crippen molar-refractivity contribution in [3.05, 3.63) is 30.3 Å². The summed E-state index contributed by atoms with van der Waals surface area (Å²) >= 11 is 0. The van der Waals surface area contributed by atoms with E-state index in [-0.39, 0.29) is 35.5 Å². The normalized spacial score (nSPS) is 6.78. The summed E-state index contributed by atoms with van der Waals surface area (Å²) in [6, 6.07) is 5.25. The number of hydrogen-bond acceptors (Lipinski definition) is 1. The molecule has 0 radical (unpaired) electrons. The molecule has 4 heteroatoms. The van der Waals surface area contributed by atoms with Crippen molar-refractivity contribution < 1.29 is 16.8 Å². The van der Waals surface area contributed by atoms with Crippen LogP contribution in [0, 0.1) is 12.0 Å². The smallest absolute Gasteiger partial charge is 1.00 e. The zero-order valence-electron chi connectivity index (χ0n) is 4.64. The van der Waals surface area contributed by atoms with Crippen LogP contribution in [0.2, 0.25) is 0 Å². The van der Waals surface area contributed by atoms with Crippen molar-refractivity contribution in [2.75, 3.05) is 0 Å². The van der Waals surface area contributed by atoms with Crippen molar-refractivity contribution in [2.45, 2.75) is 0 Å². The number of pyridine rings is 1. The molecule has 9 heavy (non-hydrogen) atoms. The quantitative estimate of drug-likeness (QED) is 0.232. The molecule has 0 saturated carbocycles. The molecule has 0 aliphatic rings. The molecule has 0 aromatic carbocycles. The van der Waals surface area contributed by atoms with E-state index in [1.807, 2.05) is 0 Å². The van der Waals surface area contributed by atoms with E-state index in [4.69, 9.17) is 0 Å². The number of nitrogens with zero attached hydrogens (tertiary/aromatic N) is 1. The minimum atomic E-state index is -0.484. The Bertz CT molecular complexity index is 147. The molecular weight excluding hydrogens is 153 g/mol. The van der Waals surface area contributed by atoms with E-state index in [0.717, 1.165) is 0 Å². The summed E-state index contributed by atoms with van der Waals surface area (Å²) < 4.78 is 11.8. The topological polar surface area (TPSA) is 12.9 Å². The van der Waals surface area contributed by atoms with Crippen molar-refractivity contribution in [1.29, 1.82) is 0 Å². The van der Waals surface area contributed by atoms with Crippen LogP contribution < -0.4 is 12.4 Å². The van der Waals surface area contributed by atoms with Gasteiger partial charge in [0, 0.05) is 0 Å². The Morgan fingerprint density at radius 3 is 2.44 bits per heavy atom. The third-order valence-electron chi connectivity index (χ3n) is 0.571. The molecule has 1 aromatic rings. The van der Waals surface area contributed by atoms with Gasteiger partial charge < -0.3 is 17.4 Å². The van der Waals surface area contributed by atoms with Crippen molar-refractivity contribution in [3.8, 4) is 0 Å². The van der Waals surface area contributed by atoms with Gasteiger partial charge in [0.1, 0.15) is 0 Å². The van der Waals surface area contributed by atoms with Crippen LogP contribution in [0.1, 0.15) is 0 Å². The Labute approximate surface area is 75.2 Å². The standard InChI is InChI=1S/C5H3FN.ClH.Mg/c6-5-3-1-2-4-7-5;;/h2-4H;1H;/q-1;;+2/p-1. The van der Waals surface area contributed by atoms with Crippen molar-refractivity contribution in [3.63, 3.8) is 0 Å². The Morgan fingerprint density at radius 1 is 1.56 bits per heavy atom. The van der Waals surface area contributed by atoms with Gasteiger partial charge in [0.15, 0.2) is 0 Å². The first-order valence-electron chi connectivity index (χ1n) is 1.87. The summed E-state index contributed by atoms with van der Waals surface area (Å²) in [6.07, 6.45) is 1.36. The molecule has 1 aromatic heterocycles. The molecule has 1 heterocycles. The Morgan fingerprint density at radius 2 is 2.22 bits per heavy atom. The zero-order valence-corrected chi connectivity index (χ0v) is 6.81. The fourth-order valence-corrected chi connectivity index (χ4v) is 0.306. The molecule has 1 nitrogen and oxygen atoms in total. The van der Waals surface area contributed by atoms with Gasteiger partial charge in [-0.2, -0.15) is 12.1 Å². The molecule has 0 fully saturated rings. The van der Waals surface area contributed by atoms with E-state index in [1.54, 1.807) is 6.07 Å². The van der Waals surface area contributed by atoms with Gasteiger partial charge in [-0.15, -0.1) is 6.07 Å². The predicted octanol–water partition coefficient (Wildman–Crippen LogP) is -2.36. The van der Waals surface area contributed by atoms with Gasteiger partial charge >= 0.3 is 23.1 Å². The fourth-order valence-electron chi connectivity index (χ4n) is 0.306. The molecule has 0 bridgehead atoms. The number of aromatic nitrogens is 1. The molecule has 0 spiro atoms. The monoisotopic (exact) mass is 155 g/mol. The van der Waals surface area contributed by atoms with Gasteiger partial charge in [0.2, 0.25) is 0 Å². The third kappa shape index (κ3) is 4.63. The summed E-state index contributed by atoms with van der Waals surface area (Å²) in [7, 11) is 0. The minimum Gasteiger partial charge on any atom is -1.00 e. The van der Waals surface area contributed by atoms with Gasteiger partial charge in [0.25, 0.3) is 0 Å². The van der Waals surface area contributed by atoms with Crippen molar-refractivity contribution >= 4 is 23.1 Å². The predicted molar refractivity (Wildman–Crippen MR) is 28.8 cm³/mol. The zero-order chi connectivity index (χ0) is 5.11. The van der Waals surface area contributed by atoms with E-state index in [9.17, 15) is 4.39 Å². The fraction of sp³-hybridized carbons (Fsp3) is 0. The first kappa shape index (κ1) is 11.9. The van der Waals surface area contributed by atoms with Crippen LogP contribution in [0.15, 0.2) is 18.3 Å². The van der Waals surface area contributed by atoms with Crippen LogP contribution in [0.25, 0.3) is 0 Å². The van der Waals surface area contributed by atoms with E-state index >= 15 is 0 Å². The number of halogens is 2. The van der Waals surface area contributed by atoms with Gasteiger partial charge in [0.05, 0.1) is 5.95 Å². The van der Waals surface area contributed by atoms with Gasteiger partial charge in [-0.1, -0.05) is 6.20 Å². The average molecular weight is 156 g/mol. The van der Waals surface area contributed by atoms with Gasteiger partial charge in [-0.3, -0.25) is 4.39 Å². The van der Waals surface area contributed by atoms with Crippen LogP contribution in [-0.2, 0) is 0 Å². The van der Waals surface area contributed by atoms with Gasteiger partial charge in [-0.25, -0.2) is 0 Å². The van der Waals surface area contributed by atoms with Crippen LogP contribution in [0.3, 0.4) is 0 Å². The molecule has 0 N–H and O–H groups in total. The van der Waals surface area contributed by atoms with E-state index in [1.165, 1.54) is 12.3 Å². The molecule has 0 saturated heterocycles. The molecule has 0 aliphatic carbocycles. The molecule has 0 unspecified atom stereocenters. The third-order valence-corrected chi connectivity index (χ3v) is 0.571. The van der Waals surface area contributed by atoms with E-state index < -0.39 is 5.95 Å². The molecular formula is C5H3ClFMgN. The Hall–Kier alpha value is 0.136. The molecule has 44 valence electrons. The van der Waals surface area contributed by atoms with Crippen LogP contribution in [0.4, 0.5) is 4.39 Å². The SMILES string of the molecule is Fc1c[c-]ccn1.[Cl-].[Mg+2]. The first-order valence-corrected chi connectivity index (χ1v) is 1.87. The Balaban J connectivity index is 0. The summed E-state index contributed by atoms with van der Waals surface area (Å²) in [5.41, 5.74) is 0. The van der Waals surface area contributed by atoms with Crippen LogP contribution >= 0.6 is 0 Å². The molecule has 0 aliphatic heterocycles. The second-order valence-electron chi connectivity index (χ2n) is 1.08. The number of rotatable bonds is 0. The second kappa shape index (κ2) is 6.26. The molecule has 1 rings (SSSR count). The van der Waals surface area contributed by atoms with Crippen LogP contribution in [-0.4, -0.2) is 28.0 Å². The summed E-state index contributed by atoms with van der Waals surface area (Å²) in [5, 5.41) is 0. The first-order chi connectivity index (χ1) is 3.39. The largest absolute Gasteiger partial charge is 2.00 e. The van der Waals surface area contributed by atoms with E-state index in [2.05, 4.69) is 11.1 Å². The minimum absolute atomic E-state index is 0. The summed E-state index contributed by atoms with van der Waals surface area (Å²) in [5.74, 6) is -0.484. The summed E-state index contributed by atoms with van der Waals surface area (Å²) in [6.45, 7) is 0.